The Kier molecular flexibility index (Phi) is 12.2. The number of amidine groups is 1. The van der Waals surface area contributed by atoms with Crippen LogP contribution in [-0.2, 0) is 16.8 Å². The van der Waals surface area contributed by atoms with Crippen LogP contribution in [0, 0.1) is 0 Å². The first kappa shape index (κ1) is 32.6. The number of oxime groups is 1. The summed E-state index contributed by atoms with van der Waals surface area (Å²) in [5.74, 6) is 0.00890. The van der Waals surface area contributed by atoms with Crippen LogP contribution in [0.3, 0.4) is 0 Å². The zero-order valence-corrected chi connectivity index (χ0v) is 23.3. The monoisotopic (exact) mass is 587 g/mol. The third-order valence-corrected chi connectivity index (χ3v) is 7.12. The predicted molar refractivity (Wildman–Crippen MR) is 137 cm³/mol. The van der Waals surface area contributed by atoms with Crippen LogP contribution in [0.5, 0.6) is 0 Å². The molecule has 204 valence electrons. The third kappa shape index (κ3) is 8.00. The molecule has 9 nitrogen and oxygen atoms in total. The molecule has 3 aromatic carbocycles. The summed E-state index contributed by atoms with van der Waals surface area (Å²) < 4.78 is 26.2. The maximum Gasteiger partial charge on any atom is 0.299 e. The van der Waals surface area contributed by atoms with Gasteiger partial charge in [0.1, 0.15) is 0 Å². The van der Waals surface area contributed by atoms with Crippen LogP contribution in [0.25, 0.3) is 10.8 Å². The zero-order valence-electron chi connectivity index (χ0n) is 20.3. The molecule has 0 unspecified atom stereocenters. The average Bonchev–Trinajstić information content (AvgIpc) is 3.05. The average molecular weight is 589 g/mol. The van der Waals surface area contributed by atoms with Crippen LogP contribution in [0.4, 0.5) is 11.4 Å². The summed E-state index contributed by atoms with van der Waals surface area (Å²) in [5.41, 5.74) is 8.61. The molecule has 5 N–H and O–H groups in total. The maximum absolute atomic E-state index is 12.5. The Labute approximate surface area is 236 Å². The zero-order chi connectivity index (χ0) is 24.3. The number of hydrogen-bond acceptors (Lipinski definition) is 6. The van der Waals surface area contributed by atoms with E-state index in [9.17, 15) is 8.42 Å². The number of nitrogens with zero attached hydrogens (tertiary/aromatic N) is 4. The molecule has 0 spiro atoms. The number of benzene rings is 3. The molecule has 1 aliphatic heterocycles. The molecular formula is C24H30Cl3N6O3S-3. The van der Waals surface area contributed by atoms with Gasteiger partial charge in [-0.1, -0.05) is 29.4 Å². The van der Waals surface area contributed by atoms with Crippen LogP contribution >= 0.6 is 0 Å². The van der Waals surface area contributed by atoms with Crippen LogP contribution in [0.15, 0.2) is 65.8 Å². The van der Waals surface area contributed by atoms with Crippen LogP contribution in [0.1, 0.15) is 17.5 Å². The van der Waals surface area contributed by atoms with Gasteiger partial charge in [0, 0.05) is 30.9 Å². The smallest absolute Gasteiger partial charge is 0.299 e. The van der Waals surface area contributed by atoms with E-state index in [0.29, 0.717) is 11.3 Å². The van der Waals surface area contributed by atoms with Crippen molar-refractivity contribution in [2.75, 3.05) is 42.4 Å². The third-order valence-electron chi connectivity index (χ3n) is 6.16. The largest absolute Gasteiger partial charge is 1.00 e. The highest BCUT2D eigenvalue weighted by Gasteiger charge is 2.20. The summed E-state index contributed by atoms with van der Waals surface area (Å²) in [7, 11) is -1.88. The Morgan fingerprint density at radius 3 is 2.27 bits per heavy atom. The Balaban J connectivity index is 0.00000228. The number of anilines is 2. The summed E-state index contributed by atoms with van der Waals surface area (Å²) in [6.45, 7) is 4.04. The van der Waals surface area contributed by atoms with Gasteiger partial charge in [-0.3, -0.25) is 4.31 Å². The van der Waals surface area contributed by atoms with Crippen LogP contribution in [0.2, 0.25) is 0 Å². The topological polar surface area (TPSA) is 128 Å². The molecule has 4 rings (SSSR count). The fourth-order valence-corrected chi connectivity index (χ4v) is 4.98. The van der Waals surface area contributed by atoms with E-state index < -0.39 is 10.2 Å². The van der Waals surface area contributed by atoms with Crippen molar-refractivity contribution in [3.63, 3.8) is 0 Å². The number of halogens is 3. The van der Waals surface area contributed by atoms with E-state index in [0.717, 1.165) is 54.6 Å². The number of hydrogen-bond donors (Lipinski definition) is 3. The second kappa shape index (κ2) is 13.9. The van der Waals surface area contributed by atoms with E-state index in [1.807, 2.05) is 36.4 Å². The van der Waals surface area contributed by atoms with Gasteiger partial charge in [0.25, 0.3) is 10.2 Å². The quantitative estimate of drug-likeness (QED) is 0.114. The minimum absolute atomic E-state index is 0. The Morgan fingerprint density at radius 1 is 0.946 bits per heavy atom. The summed E-state index contributed by atoms with van der Waals surface area (Å²) in [6, 6.07) is 18.6. The van der Waals surface area contributed by atoms with Gasteiger partial charge in [-0.25, -0.2) is 5.14 Å². The predicted octanol–water partition coefficient (Wildman–Crippen LogP) is -6.70. The molecule has 0 aromatic heterocycles. The summed E-state index contributed by atoms with van der Waals surface area (Å²) in [4.78, 5) is 4.63. The van der Waals surface area contributed by atoms with Crippen LogP contribution < -0.4 is 57.3 Å². The molecule has 37 heavy (non-hydrogen) atoms. The van der Waals surface area contributed by atoms with E-state index in [4.69, 9.17) is 16.1 Å². The highest BCUT2D eigenvalue weighted by Crippen LogP contribution is 2.26. The van der Waals surface area contributed by atoms with Crippen molar-refractivity contribution in [3.05, 3.63) is 71.8 Å². The molecular weight excluding hydrogens is 559 g/mol. The van der Waals surface area contributed by atoms with Crippen molar-refractivity contribution in [1.29, 1.82) is 0 Å². The summed E-state index contributed by atoms with van der Waals surface area (Å²) in [5, 5.41) is 19.4. The SMILES string of the molecule is CN1CCCN(c2ccc(N(Cc3ccc4ccc(C(N)=NO)cc4c3)S(N)(=O)=O)cc2)CC1.[Cl-].[Cl-].[Cl-]. The van der Waals surface area contributed by atoms with Crippen molar-refractivity contribution in [3.8, 4) is 0 Å². The standard InChI is InChI=1S/C24H30N6O3S.3ClH/c1-28-11-2-12-29(14-13-28)22-7-9-23(10-8-22)30(34(26,32)33)17-18-3-4-19-5-6-20(24(25)27-31)16-21(19)15-18;;;/h3-10,15-16,31H,2,11-14,17H2,1H3,(H2,25,27)(H2,26,32,33);3*1H/p-3. The van der Waals surface area contributed by atoms with E-state index >= 15 is 0 Å². The van der Waals surface area contributed by atoms with Crippen molar-refractivity contribution >= 4 is 38.2 Å². The number of nitrogens with two attached hydrogens (primary N) is 2. The van der Waals surface area contributed by atoms with Crippen molar-refractivity contribution < 1.29 is 50.8 Å². The second-order valence-corrected chi connectivity index (χ2v) is 10.1. The lowest BCUT2D eigenvalue weighted by Crippen LogP contribution is -3.00. The molecule has 0 aliphatic carbocycles. The van der Waals surface area contributed by atoms with Gasteiger partial charge in [0.2, 0.25) is 0 Å². The van der Waals surface area contributed by atoms with Crippen LogP contribution in [-0.4, -0.2) is 57.6 Å². The van der Waals surface area contributed by atoms with Gasteiger partial charge in [-0.2, -0.15) is 8.42 Å². The first-order valence-electron chi connectivity index (χ1n) is 11.1. The fourth-order valence-electron chi connectivity index (χ4n) is 4.24. The molecule has 1 saturated heterocycles. The highest BCUT2D eigenvalue weighted by molar-refractivity contribution is 7.90. The lowest BCUT2D eigenvalue weighted by molar-refractivity contribution is -0.00100. The normalized spacial score (nSPS) is 14.6. The van der Waals surface area contributed by atoms with E-state index in [1.54, 1.807) is 24.3 Å². The van der Waals surface area contributed by atoms with Crippen molar-refractivity contribution in [2.45, 2.75) is 13.0 Å². The minimum atomic E-state index is -4.00. The fraction of sp³-hybridized carbons (Fsp3) is 0.292. The van der Waals surface area contributed by atoms with Gasteiger partial charge < -0.3 is 58.0 Å². The molecule has 0 atom stereocenters. The summed E-state index contributed by atoms with van der Waals surface area (Å²) >= 11 is 0. The minimum Gasteiger partial charge on any atom is -1.00 e. The molecule has 1 aliphatic rings. The number of likely N-dealkylation sites (N-methyl/N-ethyl adjacent to an activating group) is 1. The maximum atomic E-state index is 12.5. The Hall–Kier alpha value is -2.47. The number of rotatable bonds is 6. The first-order valence-corrected chi connectivity index (χ1v) is 12.6. The lowest BCUT2D eigenvalue weighted by Gasteiger charge is -2.25. The van der Waals surface area contributed by atoms with E-state index in [1.165, 1.54) is 4.31 Å². The first-order chi connectivity index (χ1) is 16.2. The molecule has 3 aromatic rings. The molecule has 13 heteroatoms. The Morgan fingerprint density at radius 2 is 1.62 bits per heavy atom. The van der Waals surface area contributed by atoms with Crippen molar-refractivity contribution in [2.24, 2.45) is 16.0 Å². The van der Waals surface area contributed by atoms with E-state index in [-0.39, 0.29) is 49.6 Å². The lowest BCUT2D eigenvalue weighted by atomic mass is 10.0. The molecule has 0 bridgehead atoms. The Bertz CT molecular complexity index is 1310. The van der Waals surface area contributed by atoms with Gasteiger partial charge in [0.05, 0.1) is 12.2 Å². The van der Waals surface area contributed by atoms with Gasteiger partial charge >= 0.3 is 0 Å². The van der Waals surface area contributed by atoms with Gasteiger partial charge in [-0.15, -0.1) is 0 Å². The number of fused-ring (bicyclic) bond motifs is 1. The molecule has 0 saturated carbocycles. The van der Waals surface area contributed by atoms with Gasteiger partial charge in [-0.05, 0) is 72.7 Å². The van der Waals surface area contributed by atoms with E-state index in [2.05, 4.69) is 22.0 Å². The van der Waals surface area contributed by atoms with Crippen molar-refractivity contribution in [1.82, 2.24) is 4.90 Å². The molecule has 1 fully saturated rings. The highest BCUT2D eigenvalue weighted by atomic mass is 35.5. The molecule has 0 amide bonds. The molecule has 0 radical (unpaired) electrons. The molecule has 1 heterocycles. The van der Waals surface area contributed by atoms with Gasteiger partial charge in [0.15, 0.2) is 5.84 Å². The summed E-state index contributed by atoms with van der Waals surface area (Å²) in [6.07, 6.45) is 1.08. The second-order valence-electron chi connectivity index (χ2n) is 8.59.